The standard InChI is InChI=1S/C18H21ClFN/c1-12(2)9-13-5-4-6-14(10-13)18(21-3)16-8-7-15(20)11-17(16)19/h4-8,10-12,18,21H,9H2,1-3H3. The van der Waals surface area contributed by atoms with Gasteiger partial charge in [-0.05, 0) is 48.2 Å². The van der Waals surface area contributed by atoms with Crippen LogP contribution in [0.1, 0.15) is 36.6 Å². The van der Waals surface area contributed by atoms with E-state index >= 15 is 0 Å². The fraction of sp³-hybridized carbons (Fsp3) is 0.333. The van der Waals surface area contributed by atoms with Crippen LogP contribution in [0, 0.1) is 11.7 Å². The van der Waals surface area contributed by atoms with Gasteiger partial charge in [-0.15, -0.1) is 0 Å². The van der Waals surface area contributed by atoms with Crippen molar-refractivity contribution in [1.29, 1.82) is 0 Å². The minimum atomic E-state index is -0.313. The fourth-order valence-electron chi connectivity index (χ4n) is 2.61. The number of hydrogen-bond acceptors (Lipinski definition) is 1. The van der Waals surface area contributed by atoms with Crippen molar-refractivity contribution < 1.29 is 4.39 Å². The van der Waals surface area contributed by atoms with E-state index in [2.05, 4.69) is 43.4 Å². The average molecular weight is 306 g/mol. The number of rotatable bonds is 5. The zero-order valence-corrected chi connectivity index (χ0v) is 13.4. The first-order chi connectivity index (χ1) is 10.0. The lowest BCUT2D eigenvalue weighted by molar-refractivity contribution is 0.623. The molecule has 112 valence electrons. The van der Waals surface area contributed by atoms with E-state index in [-0.39, 0.29) is 11.9 Å². The monoisotopic (exact) mass is 305 g/mol. The van der Waals surface area contributed by atoms with Crippen molar-refractivity contribution >= 4 is 11.6 Å². The lowest BCUT2D eigenvalue weighted by Gasteiger charge is -2.19. The van der Waals surface area contributed by atoms with Gasteiger partial charge in [0.2, 0.25) is 0 Å². The Kier molecular flexibility index (Phi) is 5.38. The normalized spacial score (nSPS) is 12.7. The molecule has 0 saturated heterocycles. The summed E-state index contributed by atoms with van der Waals surface area (Å²) in [5, 5.41) is 3.72. The first kappa shape index (κ1) is 16.0. The van der Waals surface area contributed by atoms with Crippen molar-refractivity contribution in [2.75, 3.05) is 7.05 Å². The molecule has 0 heterocycles. The Morgan fingerprint density at radius 1 is 1.14 bits per heavy atom. The van der Waals surface area contributed by atoms with Crippen LogP contribution in [0.25, 0.3) is 0 Å². The van der Waals surface area contributed by atoms with Crippen molar-refractivity contribution in [1.82, 2.24) is 5.32 Å². The molecule has 0 radical (unpaired) electrons. The van der Waals surface area contributed by atoms with E-state index in [0.717, 1.165) is 17.5 Å². The van der Waals surface area contributed by atoms with Crippen LogP contribution in [0.2, 0.25) is 5.02 Å². The van der Waals surface area contributed by atoms with Crippen LogP contribution in [-0.2, 0) is 6.42 Å². The van der Waals surface area contributed by atoms with Gasteiger partial charge in [0.25, 0.3) is 0 Å². The summed E-state index contributed by atoms with van der Waals surface area (Å²) in [5.74, 6) is 0.301. The SMILES string of the molecule is CNC(c1cccc(CC(C)C)c1)c1ccc(F)cc1Cl. The maximum absolute atomic E-state index is 13.2. The van der Waals surface area contributed by atoms with Crippen molar-refractivity contribution in [3.63, 3.8) is 0 Å². The van der Waals surface area contributed by atoms with Gasteiger partial charge in [-0.2, -0.15) is 0 Å². The summed E-state index contributed by atoms with van der Waals surface area (Å²) >= 11 is 6.20. The highest BCUT2D eigenvalue weighted by Gasteiger charge is 2.16. The van der Waals surface area contributed by atoms with Crippen LogP contribution in [0.3, 0.4) is 0 Å². The molecule has 0 spiro atoms. The molecule has 0 saturated carbocycles. The van der Waals surface area contributed by atoms with Crippen molar-refractivity contribution in [2.24, 2.45) is 5.92 Å². The van der Waals surface area contributed by atoms with Crippen LogP contribution < -0.4 is 5.32 Å². The van der Waals surface area contributed by atoms with Crippen LogP contribution in [-0.4, -0.2) is 7.05 Å². The highest BCUT2D eigenvalue weighted by atomic mass is 35.5. The molecule has 1 atom stereocenters. The third kappa shape index (κ3) is 4.05. The Morgan fingerprint density at radius 3 is 2.52 bits per heavy atom. The molecule has 2 aromatic carbocycles. The molecule has 0 aliphatic rings. The zero-order chi connectivity index (χ0) is 15.4. The molecule has 0 aliphatic carbocycles. The summed E-state index contributed by atoms with van der Waals surface area (Å²) in [6.07, 6.45) is 1.04. The highest BCUT2D eigenvalue weighted by Crippen LogP contribution is 2.29. The van der Waals surface area contributed by atoms with Gasteiger partial charge in [0.05, 0.1) is 6.04 Å². The molecule has 1 N–H and O–H groups in total. The van der Waals surface area contributed by atoms with Gasteiger partial charge in [-0.1, -0.05) is 55.8 Å². The summed E-state index contributed by atoms with van der Waals surface area (Å²) in [4.78, 5) is 0. The van der Waals surface area contributed by atoms with Crippen molar-refractivity contribution in [3.05, 3.63) is 70.0 Å². The minimum Gasteiger partial charge on any atom is -0.309 e. The van der Waals surface area contributed by atoms with Crippen molar-refractivity contribution in [3.8, 4) is 0 Å². The summed E-state index contributed by atoms with van der Waals surface area (Å²) in [6, 6.07) is 13.0. The topological polar surface area (TPSA) is 12.0 Å². The Labute approximate surface area is 131 Å². The van der Waals surface area contributed by atoms with Crippen LogP contribution in [0.5, 0.6) is 0 Å². The lowest BCUT2D eigenvalue weighted by Crippen LogP contribution is -2.18. The number of benzene rings is 2. The molecule has 2 rings (SSSR count). The third-order valence-electron chi connectivity index (χ3n) is 3.49. The Morgan fingerprint density at radius 2 is 1.90 bits per heavy atom. The van der Waals surface area contributed by atoms with E-state index in [4.69, 9.17) is 11.6 Å². The van der Waals surface area contributed by atoms with Gasteiger partial charge in [0.1, 0.15) is 5.82 Å². The van der Waals surface area contributed by atoms with E-state index < -0.39 is 0 Å². The van der Waals surface area contributed by atoms with Gasteiger partial charge >= 0.3 is 0 Å². The minimum absolute atomic E-state index is 0.0368. The zero-order valence-electron chi connectivity index (χ0n) is 12.7. The van der Waals surface area contributed by atoms with Crippen LogP contribution in [0.15, 0.2) is 42.5 Å². The quantitative estimate of drug-likeness (QED) is 0.821. The molecular weight excluding hydrogens is 285 g/mol. The molecule has 21 heavy (non-hydrogen) atoms. The molecule has 1 unspecified atom stereocenters. The van der Waals surface area contributed by atoms with Crippen molar-refractivity contribution in [2.45, 2.75) is 26.3 Å². The molecular formula is C18H21ClFN. The van der Waals surface area contributed by atoms with Gasteiger partial charge in [-0.25, -0.2) is 4.39 Å². The van der Waals surface area contributed by atoms with E-state index in [0.29, 0.717) is 10.9 Å². The summed E-state index contributed by atoms with van der Waals surface area (Å²) in [7, 11) is 1.89. The summed E-state index contributed by atoms with van der Waals surface area (Å²) in [5.41, 5.74) is 3.34. The molecule has 0 amide bonds. The van der Waals surface area contributed by atoms with Crippen LogP contribution >= 0.6 is 11.6 Å². The predicted molar refractivity (Wildman–Crippen MR) is 87.3 cm³/mol. The number of hydrogen-bond donors (Lipinski definition) is 1. The number of nitrogens with one attached hydrogen (secondary N) is 1. The molecule has 0 aromatic heterocycles. The fourth-order valence-corrected chi connectivity index (χ4v) is 2.88. The third-order valence-corrected chi connectivity index (χ3v) is 3.82. The van der Waals surface area contributed by atoms with E-state index in [1.54, 1.807) is 6.07 Å². The predicted octanol–water partition coefficient (Wildman–Crippen LogP) is 4.99. The summed E-state index contributed by atoms with van der Waals surface area (Å²) < 4.78 is 13.2. The van der Waals surface area contributed by atoms with Crippen LogP contribution in [0.4, 0.5) is 4.39 Å². The van der Waals surface area contributed by atoms with E-state index in [9.17, 15) is 4.39 Å². The molecule has 0 aliphatic heterocycles. The smallest absolute Gasteiger partial charge is 0.124 e. The largest absolute Gasteiger partial charge is 0.309 e. The maximum Gasteiger partial charge on any atom is 0.124 e. The maximum atomic E-state index is 13.2. The van der Waals surface area contributed by atoms with Gasteiger partial charge < -0.3 is 5.32 Å². The second-order valence-corrected chi connectivity index (χ2v) is 6.14. The molecule has 2 aromatic rings. The average Bonchev–Trinajstić information content (AvgIpc) is 2.41. The lowest BCUT2D eigenvalue weighted by atomic mass is 9.94. The molecule has 0 bridgehead atoms. The Hall–Kier alpha value is -1.38. The van der Waals surface area contributed by atoms with Gasteiger partial charge in [-0.3, -0.25) is 0 Å². The number of halogens is 2. The summed E-state index contributed by atoms with van der Waals surface area (Å²) in [6.45, 7) is 4.41. The van der Waals surface area contributed by atoms with Gasteiger partial charge in [0, 0.05) is 5.02 Å². The first-order valence-electron chi connectivity index (χ1n) is 7.22. The molecule has 3 heteroatoms. The Balaban J connectivity index is 2.37. The molecule has 1 nitrogen and oxygen atoms in total. The first-order valence-corrected chi connectivity index (χ1v) is 7.60. The Bertz CT molecular complexity index is 610. The van der Waals surface area contributed by atoms with E-state index in [1.165, 1.54) is 17.7 Å². The van der Waals surface area contributed by atoms with E-state index in [1.807, 2.05) is 7.05 Å². The second kappa shape index (κ2) is 7.06. The van der Waals surface area contributed by atoms with Gasteiger partial charge in [0.15, 0.2) is 0 Å². The second-order valence-electron chi connectivity index (χ2n) is 5.73. The highest BCUT2D eigenvalue weighted by molar-refractivity contribution is 6.31. The molecule has 0 fully saturated rings.